The van der Waals surface area contributed by atoms with E-state index in [0.717, 1.165) is 6.07 Å². The molecule has 78 valence electrons. The van der Waals surface area contributed by atoms with Gasteiger partial charge in [-0.2, -0.15) is 0 Å². The molecular weight excluding hydrogens is 209 g/mol. The fourth-order valence-corrected chi connectivity index (χ4v) is 1.22. The van der Waals surface area contributed by atoms with Crippen LogP contribution in [0.25, 0.3) is 0 Å². The summed E-state index contributed by atoms with van der Waals surface area (Å²) < 4.78 is 13.0. The lowest BCUT2D eigenvalue weighted by molar-refractivity contribution is 0.169. The average Bonchev–Trinajstić information content (AvgIpc) is 2.13. The first-order valence-corrected chi connectivity index (χ1v) is 4.50. The van der Waals surface area contributed by atoms with E-state index in [-0.39, 0.29) is 22.9 Å². The van der Waals surface area contributed by atoms with Crippen LogP contribution in [0, 0.1) is 5.82 Å². The van der Waals surface area contributed by atoms with E-state index in [2.05, 4.69) is 0 Å². The zero-order valence-electron chi connectivity index (χ0n) is 7.37. The molecule has 0 aliphatic carbocycles. The van der Waals surface area contributed by atoms with Crippen LogP contribution in [0.3, 0.4) is 0 Å². The van der Waals surface area contributed by atoms with Crippen LogP contribution in [0.15, 0.2) is 12.1 Å². The second kappa shape index (κ2) is 4.59. The number of hydrogen-bond donors (Lipinski definition) is 3. The molecule has 14 heavy (non-hydrogen) atoms. The molecule has 5 heteroatoms. The molecule has 0 aliphatic heterocycles. The van der Waals surface area contributed by atoms with Crippen molar-refractivity contribution in [3.8, 4) is 5.75 Å². The molecule has 3 nitrogen and oxygen atoms in total. The average molecular weight is 220 g/mol. The summed E-state index contributed by atoms with van der Waals surface area (Å²) >= 11 is 5.40. The third-order valence-corrected chi connectivity index (χ3v) is 2.23. The van der Waals surface area contributed by atoms with E-state index in [4.69, 9.17) is 17.3 Å². The van der Waals surface area contributed by atoms with Gasteiger partial charge in [0.1, 0.15) is 16.6 Å². The third kappa shape index (κ3) is 2.35. The predicted molar refractivity (Wildman–Crippen MR) is 51.7 cm³/mol. The summed E-state index contributed by atoms with van der Waals surface area (Å²) in [6.45, 7) is 0.284. The Labute approximate surface area is 85.9 Å². The smallest absolute Gasteiger partial charge is 0.145 e. The lowest BCUT2D eigenvalue weighted by atomic mass is 10.1. The Hall–Kier alpha value is -0.840. The highest BCUT2D eigenvalue weighted by Gasteiger charge is 2.13. The Kier molecular flexibility index (Phi) is 3.69. The second-order valence-corrected chi connectivity index (χ2v) is 3.31. The highest BCUT2D eigenvalue weighted by atomic mass is 35.5. The molecule has 0 aromatic heterocycles. The number of aliphatic hydroxyl groups is 1. The van der Waals surface area contributed by atoms with Gasteiger partial charge in [0.25, 0.3) is 0 Å². The van der Waals surface area contributed by atoms with Crippen molar-refractivity contribution in [2.45, 2.75) is 12.5 Å². The Balaban J connectivity index is 3.00. The van der Waals surface area contributed by atoms with Gasteiger partial charge in [-0.25, -0.2) is 4.39 Å². The van der Waals surface area contributed by atoms with Crippen LogP contribution in [-0.4, -0.2) is 16.8 Å². The highest BCUT2D eigenvalue weighted by Crippen LogP contribution is 2.30. The van der Waals surface area contributed by atoms with E-state index in [0.29, 0.717) is 6.42 Å². The topological polar surface area (TPSA) is 66.5 Å². The summed E-state index contributed by atoms with van der Waals surface area (Å²) in [6, 6.07) is 2.31. The molecule has 0 spiro atoms. The highest BCUT2D eigenvalue weighted by molar-refractivity contribution is 6.32. The van der Waals surface area contributed by atoms with Crippen molar-refractivity contribution in [1.29, 1.82) is 0 Å². The zero-order valence-corrected chi connectivity index (χ0v) is 8.13. The second-order valence-electron chi connectivity index (χ2n) is 2.93. The molecule has 0 radical (unpaired) electrons. The number of hydrogen-bond acceptors (Lipinski definition) is 3. The molecule has 1 rings (SSSR count). The van der Waals surface area contributed by atoms with Gasteiger partial charge in [-0.05, 0) is 30.7 Å². The van der Waals surface area contributed by atoms with Gasteiger partial charge in [-0.15, -0.1) is 0 Å². The Morgan fingerprint density at radius 2 is 2.14 bits per heavy atom. The molecule has 0 aliphatic rings. The Morgan fingerprint density at radius 1 is 1.50 bits per heavy atom. The van der Waals surface area contributed by atoms with Gasteiger partial charge in [0.05, 0.1) is 6.10 Å². The first-order valence-electron chi connectivity index (χ1n) is 4.12. The van der Waals surface area contributed by atoms with Gasteiger partial charge in [0.2, 0.25) is 0 Å². The van der Waals surface area contributed by atoms with Crippen molar-refractivity contribution in [3.05, 3.63) is 28.5 Å². The molecule has 0 fully saturated rings. The minimum atomic E-state index is -0.877. The molecule has 0 saturated heterocycles. The molecule has 1 aromatic rings. The van der Waals surface area contributed by atoms with E-state index < -0.39 is 11.9 Å². The standard InChI is InChI=1S/C9H11ClFNO2/c10-9-6(11)3-5(4-8(9)14)7(13)1-2-12/h3-4,7,13-14H,1-2,12H2. The van der Waals surface area contributed by atoms with Crippen molar-refractivity contribution in [3.63, 3.8) is 0 Å². The number of phenols is 1. The van der Waals surface area contributed by atoms with Crippen LogP contribution in [-0.2, 0) is 0 Å². The van der Waals surface area contributed by atoms with E-state index in [9.17, 15) is 14.6 Å². The largest absolute Gasteiger partial charge is 0.506 e. The van der Waals surface area contributed by atoms with Crippen LogP contribution in [0.1, 0.15) is 18.1 Å². The summed E-state index contributed by atoms with van der Waals surface area (Å²) in [5.74, 6) is -1.13. The number of aromatic hydroxyl groups is 1. The molecule has 0 heterocycles. The van der Waals surface area contributed by atoms with Gasteiger partial charge < -0.3 is 15.9 Å². The molecule has 0 bridgehead atoms. The first-order chi connectivity index (χ1) is 6.56. The van der Waals surface area contributed by atoms with E-state index in [1.807, 2.05) is 0 Å². The quantitative estimate of drug-likeness (QED) is 0.723. The first kappa shape index (κ1) is 11.2. The molecule has 4 N–H and O–H groups in total. The minimum Gasteiger partial charge on any atom is -0.506 e. The van der Waals surface area contributed by atoms with Gasteiger partial charge in [0, 0.05) is 0 Å². The van der Waals surface area contributed by atoms with Crippen molar-refractivity contribution in [2.75, 3.05) is 6.54 Å². The van der Waals surface area contributed by atoms with Gasteiger partial charge in [0.15, 0.2) is 0 Å². The summed E-state index contributed by atoms with van der Waals surface area (Å²) in [4.78, 5) is 0. The predicted octanol–water partition coefficient (Wildman–Crippen LogP) is 1.57. The fraction of sp³-hybridized carbons (Fsp3) is 0.333. The summed E-state index contributed by atoms with van der Waals surface area (Å²) in [5.41, 5.74) is 5.50. The summed E-state index contributed by atoms with van der Waals surface area (Å²) in [5, 5.41) is 18.3. The van der Waals surface area contributed by atoms with Crippen LogP contribution < -0.4 is 5.73 Å². The van der Waals surface area contributed by atoms with Crippen molar-refractivity contribution in [1.82, 2.24) is 0 Å². The summed E-state index contributed by atoms with van der Waals surface area (Å²) in [7, 11) is 0. The van der Waals surface area contributed by atoms with Crippen LogP contribution in [0.5, 0.6) is 5.75 Å². The van der Waals surface area contributed by atoms with Crippen LogP contribution in [0.2, 0.25) is 5.02 Å². The molecule has 0 saturated carbocycles. The van der Waals surface area contributed by atoms with Gasteiger partial charge >= 0.3 is 0 Å². The van der Waals surface area contributed by atoms with Crippen molar-refractivity contribution >= 4 is 11.6 Å². The van der Waals surface area contributed by atoms with Gasteiger partial charge in [-0.1, -0.05) is 11.6 Å². The molecular formula is C9H11ClFNO2. The molecule has 1 aromatic carbocycles. The number of benzene rings is 1. The number of aliphatic hydroxyl groups excluding tert-OH is 1. The molecule has 0 amide bonds. The van der Waals surface area contributed by atoms with Crippen molar-refractivity contribution < 1.29 is 14.6 Å². The normalized spacial score (nSPS) is 12.9. The number of phenolic OH excluding ortho intramolecular Hbond substituents is 1. The third-order valence-electron chi connectivity index (χ3n) is 1.86. The fourth-order valence-electron chi connectivity index (χ4n) is 1.11. The maximum atomic E-state index is 13.0. The van der Waals surface area contributed by atoms with E-state index in [1.54, 1.807) is 0 Å². The lowest BCUT2D eigenvalue weighted by Crippen LogP contribution is -2.06. The van der Waals surface area contributed by atoms with Crippen LogP contribution in [0.4, 0.5) is 4.39 Å². The zero-order chi connectivity index (χ0) is 10.7. The Bertz CT molecular complexity index is 310. The van der Waals surface area contributed by atoms with Crippen LogP contribution >= 0.6 is 11.6 Å². The molecule has 1 atom stereocenters. The monoisotopic (exact) mass is 219 g/mol. The number of nitrogens with two attached hydrogens (primary N) is 1. The Morgan fingerprint density at radius 3 is 2.64 bits per heavy atom. The molecule has 1 unspecified atom stereocenters. The SMILES string of the molecule is NCCC(O)c1cc(O)c(Cl)c(F)c1. The van der Waals surface area contributed by atoms with Crippen molar-refractivity contribution in [2.24, 2.45) is 5.73 Å². The maximum Gasteiger partial charge on any atom is 0.145 e. The van der Waals surface area contributed by atoms with E-state index in [1.165, 1.54) is 6.07 Å². The lowest BCUT2D eigenvalue weighted by Gasteiger charge is -2.10. The van der Waals surface area contributed by atoms with E-state index >= 15 is 0 Å². The van der Waals surface area contributed by atoms with Gasteiger partial charge in [-0.3, -0.25) is 0 Å². The summed E-state index contributed by atoms with van der Waals surface area (Å²) in [6.07, 6.45) is -0.571. The number of halogens is 2. The minimum absolute atomic E-state index is 0.273. The maximum absolute atomic E-state index is 13.0. The number of rotatable bonds is 3.